The van der Waals surface area contributed by atoms with E-state index < -0.39 is 10.0 Å². The lowest BCUT2D eigenvalue weighted by Gasteiger charge is -2.18. The molecule has 0 saturated heterocycles. The van der Waals surface area contributed by atoms with Crippen molar-refractivity contribution in [3.8, 4) is 11.3 Å². The number of benzene rings is 1. The Morgan fingerprint density at radius 1 is 1.31 bits per heavy atom. The molecule has 5 rings (SSSR count). The Hall–Kier alpha value is -2.95. The van der Waals surface area contributed by atoms with E-state index in [0.29, 0.717) is 41.3 Å². The summed E-state index contributed by atoms with van der Waals surface area (Å²) in [7, 11) is -3.73. The summed E-state index contributed by atoms with van der Waals surface area (Å²) in [6.07, 6.45) is 2.27. The van der Waals surface area contributed by atoms with Gasteiger partial charge in [-0.15, -0.1) is 11.3 Å². The van der Waals surface area contributed by atoms with E-state index in [4.69, 9.17) is 9.56 Å². The van der Waals surface area contributed by atoms with Gasteiger partial charge in [-0.1, -0.05) is 0 Å². The van der Waals surface area contributed by atoms with Crippen LogP contribution < -0.4 is 15.6 Å². The maximum Gasteiger partial charge on any atom is 0.260 e. The van der Waals surface area contributed by atoms with E-state index in [1.54, 1.807) is 24.5 Å². The number of hydrogen-bond acceptors (Lipinski definition) is 7. The van der Waals surface area contributed by atoms with Crippen molar-refractivity contribution in [3.63, 3.8) is 0 Å². The summed E-state index contributed by atoms with van der Waals surface area (Å²) < 4.78 is 28.5. The minimum absolute atomic E-state index is 0.107. The molecular formula is C19H16N4O4S2. The molecule has 0 fully saturated rings. The molecule has 1 aliphatic rings. The number of anilines is 1. The van der Waals surface area contributed by atoms with Crippen molar-refractivity contribution in [1.82, 2.24) is 9.97 Å². The highest BCUT2D eigenvalue weighted by Gasteiger charge is 2.23. The third kappa shape index (κ3) is 3.15. The highest BCUT2D eigenvalue weighted by Crippen LogP contribution is 2.33. The van der Waals surface area contributed by atoms with Crippen molar-refractivity contribution in [2.45, 2.75) is 17.9 Å². The molecule has 0 bridgehead atoms. The first-order chi connectivity index (χ1) is 13.9. The van der Waals surface area contributed by atoms with Gasteiger partial charge in [-0.05, 0) is 42.3 Å². The monoisotopic (exact) mass is 428 g/mol. The van der Waals surface area contributed by atoms with E-state index >= 15 is 0 Å². The molecule has 29 heavy (non-hydrogen) atoms. The third-order valence-corrected chi connectivity index (χ3v) is 6.77. The van der Waals surface area contributed by atoms with Crippen LogP contribution >= 0.6 is 11.3 Å². The highest BCUT2D eigenvalue weighted by atomic mass is 32.2. The van der Waals surface area contributed by atoms with E-state index in [-0.39, 0.29) is 10.5 Å². The van der Waals surface area contributed by atoms with Gasteiger partial charge in [0.05, 0.1) is 23.1 Å². The van der Waals surface area contributed by atoms with Gasteiger partial charge in [-0.3, -0.25) is 4.79 Å². The number of aromatic amines is 1. The van der Waals surface area contributed by atoms with Crippen molar-refractivity contribution in [1.29, 1.82) is 0 Å². The predicted octanol–water partition coefficient (Wildman–Crippen LogP) is 2.45. The van der Waals surface area contributed by atoms with Crippen molar-refractivity contribution < 1.29 is 12.8 Å². The number of sulfonamides is 1. The first-order valence-electron chi connectivity index (χ1n) is 8.85. The van der Waals surface area contributed by atoms with Gasteiger partial charge < -0.3 is 14.3 Å². The highest BCUT2D eigenvalue weighted by molar-refractivity contribution is 7.89. The summed E-state index contributed by atoms with van der Waals surface area (Å²) in [6.45, 7) is 1.12. The first-order valence-corrected chi connectivity index (χ1v) is 11.3. The number of furan rings is 1. The molecule has 3 aromatic heterocycles. The molecule has 0 amide bonds. The summed E-state index contributed by atoms with van der Waals surface area (Å²) in [5.74, 6) is 1.19. The molecular weight excluding hydrogens is 412 g/mol. The summed E-state index contributed by atoms with van der Waals surface area (Å²) in [4.78, 5) is 23.0. The number of nitrogens with one attached hydrogen (secondary N) is 1. The Kier molecular flexibility index (Phi) is 4.09. The molecule has 8 nitrogen and oxygen atoms in total. The number of H-pyrrole nitrogens is 1. The molecule has 10 heteroatoms. The average molecular weight is 428 g/mol. The van der Waals surface area contributed by atoms with Gasteiger partial charge in [0.25, 0.3) is 5.56 Å². The number of nitrogens with zero attached hydrogens (tertiary/aromatic N) is 2. The van der Waals surface area contributed by atoms with Crippen molar-refractivity contribution in [2.24, 2.45) is 5.14 Å². The van der Waals surface area contributed by atoms with Crippen LogP contribution in [0.1, 0.15) is 11.4 Å². The molecule has 0 radical (unpaired) electrons. The maximum atomic E-state index is 12.7. The second-order valence-corrected chi connectivity index (χ2v) is 9.25. The average Bonchev–Trinajstić information content (AvgIpc) is 3.40. The molecule has 3 N–H and O–H groups in total. The molecule has 4 heterocycles. The van der Waals surface area contributed by atoms with Crippen molar-refractivity contribution >= 4 is 37.3 Å². The third-order valence-electron chi connectivity index (χ3n) is 4.99. The fourth-order valence-electron chi connectivity index (χ4n) is 3.65. The molecule has 1 aromatic carbocycles. The van der Waals surface area contributed by atoms with E-state index in [9.17, 15) is 13.2 Å². The maximum absolute atomic E-state index is 12.7. The van der Waals surface area contributed by atoms with Crippen molar-refractivity contribution in [3.05, 3.63) is 63.7 Å². The van der Waals surface area contributed by atoms with E-state index in [2.05, 4.69) is 14.9 Å². The number of rotatable bonds is 4. The molecule has 4 aromatic rings. The van der Waals surface area contributed by atoms with Gasteiger partial charge in [-0.2, -0.15) is 0 Å². The summed E-state index contributed by atoms with van der Waals surface area (Å²) in [5.41, 5.74) is 2.36. The lowest BCUT2D eigenvalue weighted by Crippen LogP contribution is -2.23. The second-order valence-electron chi connectivity index (χ2n) is 6.83. The molecule has 0 unspecified atom stereocenters. The Balaban J connectivity index is 1.48. The Bertz CT molecular complexity index is 1390. The lowest BCUT2D eigenvalue weighted by atomic mass is 10.2. The zero-order valence-electron chi connectivity index (χ0n) is 15.1. The Morgan fingerprint density at radius 3 is 2.93 bits per heavy atom. The molecule has 1 aliphatic heterocycles. The van der Waals surface area contributed by atoms with Gasteiger partial charge >= 0.3 is 0 Å². The standard InChI is InChI=1S/C19H16N4O4S2/c20-29(25,26)12-3-4-14-11(8-12)5-6-23(14)9-16-21-18(24)17-13(10-28-19(17)22-16)15-2-1-7-27-15/h1-4,7-8,10H,5-6,9H2,(H2,20,25,26)(H,21,22,24). The smallest absolute Gasteiger partial charge is 0.260 e. The normalized spacial score (nSPS) is 13.9. The number of aromatic nitrogens is 2. The second kappa shape index (κ2) is 6.55. The topological polar surface area (TPSA) is 122 Å². The van der Waals surface area contributed by atoms with Gasteiger partial charge in [0.1, 0.15) is 16.4 Å². The van der Waals surface area contributed by atoms with Crippen LogP contribution in [-0.4, -0.2) is 24.9 Å². The van der Waals surface area contributed by atoms with E-state index in [1.165, 1.54) is 17.4 Å². The largest absolute Gasteiger partial charge is 0.464 e. The summed E-state index contributed by atoms with van der Waals surface area (Å²) in [5, 5.41) is 7.61. The molecule has 0 aliphatic carbocycles. The van der Waals surface area contributed by atoms with E-state index in [1.807, 2.05) is 11.4 Å². The molecule has 0 saturated carbocycles. The van der Waals surface area contributed by atoms with Crippen LogP contribution in [0.2, 0.25) is 0 Å². The fraction of sp³-hybridized carbons (Fsp3) is 0.158. The van der Waals surface area contributed by atoms with Crippen LogP contribution in [0, 0.1) is 0 Å². The number of thiophene rings is 1. The Morgan fingerprint density at radius 2 is 2.17 bits per heavy atom. The van der Waals surface area contributed by atoms with Gasteiger partial charge in [0, 0.05) is 23.2 Å². The molecule has 0 atom stereocenters. The van der Waals surface area contributed by atoms with Crippen LogP contribution in [0.3, 0.4) is 0 Å². The van der Waals surface area contributed by atoms with Crippen LogP contribution in [0.5, 0.6) is 0 Å². The minimum atomic E-state index is -3.73. The first kappa shape index (κ1) is 18.1. The zero-order valence-corrected chi connectivity index (χ0v) is 16.7. The van der Waals surface area contributed by atoms with Gasteiger partial charge in [0.15, 0.2) is 0 Å². The molecule has 0 spiro atoms. The van der Waals surface area contributed by atoms with Gasteiger partial charge in [0.2, 0.25) is 10.0 Å². The zero-order chi connectivity index (χ0) is 20.2. The summed E-state index contributed by atoms with van der Waals surface area (Å²) in [6, 6.07) is 8.45. The predicted molar refractivity (Wildman–Crippen MR) is 111 cm³/mol. The van der Waals surface area contributed by atoms with Gasteiger partial charge in [-0.25, -0.2) is 18.5 Å². The SMILES string of the molecule is NS(=O)(=O)c1ccc2c(c1)CCN2Cc1nc2scc(-c3ccco3)c2c(=O)[nH]1. The lowest BCUT2D eigenvalue weighted by molar-refractivity contribution is 0.583. The number of hydrogen-bond donors (Lipinski definition) is 2. The number of nitrogens with two attached hydrogens (primary N) is 1. The van der Waals surface area contributed by atoms with E-state index in [0.717, 1.165) is 16.8 Å². The Labute approximate surface area is 169 Å². The van der Waals surface area contributed by atoms with Crippen LogP contribution in [0.25, 0.3) is 21.5 Å². The van der Waals surface area contributed by atoms with Crippen LogP contribution in [-0.2, 0) is 23.0 Å². The fourth-order valence-corrected chi connectivity index (χ4v) is 5.16. The minimum Gasteiger partial charge on any atom is -0.464 e. The molecule has 148 valence electrons. The number of primary sulfonamides is 1. The quantitative estimate of drug-likeness (QED) is 0.515. The summed E-state index contributed by atoms with van der Waals surface area (Å²) >= 11 is 1.40. The van der Waals surface area contributed by atoms with Crippen molar-refractivity contribution in [2.75, 3.05) is 11.4 Å². The number of fused-ring (bicyclic) bond motifs is 2. The van der Waals surface area contributed by atoms with Crippen LogP contribution in [0.15, 0.2) is 56.1 Å². The van der Waals surface area contributed by atoms with Crippen LogP contribution in [0.4, 0.5) is 5.69 Å².